The Kier molecular flexibility index (Phi) is 3.91. The number of aromatic amines is 1. The van der Waals surface area contributed by atoms with Crippen LogP contribution in [0.4, 0.5) is 5.69 Å². The third-order valence-corrected chi connectivity index (χ3v) is 4.71. The second kappa shape index (κ2) is 6.27. The number of nitrogens with zero attached hydrogens (tertiary/aromatic N) is 3. The first-order chi connectivity index (χ1) is 13.0. The Balaban J connectivity index is 1.68. The predicted octanol–water partition coefficient (Wildman–Crippen LogP) is 0.651. The van der Waals surface area contributed by atoms with Crippen LogP contribution in [-0.4, -0.2) is 40.1 Å². The lowest BCUT2D eigenvalue weighted by molar-refractivity contribution is -0.117. The Bertz CT molecular complexity index is 1100. The molecule has 0 saturated carbocycles. The number of H-pyrrole nitrogens is 1. The molecule has 1 fully saturated rings. The third-order valence-electron chi connectivity index (χ3n) is 4.71. The minimum absolute atomic E-state index is 0.0589. The number of nitrogens with two attached hydrogens (primary N) is 1. The van der Waals surface area contributed by atoms with Gasteiger partial charge in [0, 0.05) is 36.8 Å². The molecular weight excluding hydrogens is 350 g/mol. The second-order valence-corrected chi connectivity index (χ2v) is 6.33. The number of rotatable bonds is 4. The smallest absolute Gasteiger partial charge is 0.272 e. The molecule has 0 aliphatic carbocycles. The maximum Gasteiger partial charge on any atom is 0.272 e. The van der Waals surface area contributed by atoms with Gasteiger partial charge in [-0.3, -0.25) is 19.5 Å². The maximum absolute atomic E-state index is 12.5. The van der Waals surface area contributed by atoms with Gasteiger partial charge in [-0.2, -0.15) is 0 Å². The molecule has 2 aromatic heterocycles. The van der Waals surface area contributed by atoms with E-state index in [1.807, 2.05) is 12.1 Å². The van der Waals surface area contributed by atoms with Crippen LogP contribution in [0.5, 0.6) is 5.75 Å². The van der Waals surface area contributed by atoms with E-state index in [4.69, 9.17) is 10.5 Å². The van der Waals surface area contributed by atoms with Crippen molar-refractivity contribution < 1.29 is 14.3 Å². The van der Waals surface area contributed by atoms with Gasteiger partial charge in [-0.15, -0.1) is 0 Å². The highest BCUT2D eigenvalue weighted by Gasteiger charge is 2.33. The highest BCUT2D eigenvalue weighted by molar-refractivity contribution is 5.98. The fourth-order valence-corrected chi connectivity index (χ4v) is 3.31. The largest absolute Gasteiger partial charge is 0.497 e. The molecule has 1 aliphatic rings. The van der Waals surface area contributed by atoms with Gasteiger partial charge >= 0.3 is 0 Å². The Hall–Kier alpha value is -3.62. The molecule has 3 N–H and O–H groups in total. The number of primary amides is 1. The van der Waals surface area contributed by atoms with Crippen molar-refractivity contribution in [1.29, 1.82) is 0 Å². The Morgan fingerprint density at radius 2 is 2.04 bits per heavy atom. The number of methoxy groups -OCH3 is 1. The molecule has 0 spiro atoms. The number of anilines is 1. The molecule has 2 amide bonds. The summed E-state index contributed by atoms with van der Waals surface area (Å²) >= 11 is 0. The minimum atomic E-state index is -0.680. The number of hydrogen-bond donors (Lipinski definition) is 2. The normalized spacial score (nSPS) is 16.9. The van der Waals surface area contributed by atoms with Gasteiger partial charge in [0.25, 0.3) is 11.5 Å². The number of fused-ring (bicyclic) bond motifs is 1. The summed E-state index contributed by atoms with van der Waals surface area (Å²) in [5.41, 5.74) is 6.48. The lowest BCUT2D eigenvalue weighted by Crippen LogP contribution is -2.24. The Morgan fingerprint density at radius 1 is 1.30 bits per heavy atom. The van der Waals surface area contributed by atoms with Gasteiger partial charge in [-0.1, -0.05) is 0 Å². The van der Waals surface area contributed by atoms with Crippen LogP contribution in [0.3, 0.4) is 0 Å². The van der Waals surface area contributed by atoms with E-state index in [-0.39, 0.29) is 35.0 Å². The first-order valence-corrected chi connectivity index (χ1v) is 8.33. The number of nitrogens with one attached hydrogen (secondary N) is 1. The summed E-state index contributed by atoms with van der Waals surface area (Å²) < 4.78 is 6.29. The van der Waals surface area contributed by atoms with Crippen LogP contribution in [0.1, 0.15) is 28.4 Å². The minimum Gasteiger partial charge on any atom is -0.497 e. The van der Waals surface area contributed by atoms with E-state index in [0.717, 1.165) is 10.2 Å². The Labute approximate surface area is 153 Å². The van der Waals surface area contributed by atoms with Crippen molar-refractivity contribution in [3.8, 4) is 5.75 Å². The molecule has 1 aliphatic heterocycles. The molecule has 1 unspecified atom stereocenters. The molecule has 0 radical (unpaired) electrons. The highest BCUT2D eigenvalue weighted by Crippen LogP contribution is 2.31. The van der Waals surface area contributed by atoms with Crippen molar-refractivity contribution in [1.82, 2.24) is 14.6 Å². The fraction of sp³-hybridized carbons (Fsp3) is 0.222. The molecule has 1 saturated heterocycles. The summed E-state index contributed by atoms with van der Waals surface area (Å²) in [6.07, 6.45) is 1.57. The number of benzene rings is 1. The molecule has 3 heterocycles. The van der Waals surface area contributed by atoms with Gasteiger partial charge < -0.3 is 15.4 Å². The third kappa shape index (κ3) is 2.82. The number of ether oxygens (including phenoxy) is 1. The van der Waals surface area contributed by atoms with Crippen LogP contribution in [0.15, 0.2) is 41.3 Å². The summed E-state index contributed by atoms with van der Waals surface area (Å²) in [7, 11) is 1.58. The topological polar surface area (TPSA) is 123 Å². The molecule has 1 atom stereocenters. The van der Waals surface area contributed by atoms with Crippen LogP contribution in [-0.2, 0) is 4.79 Å². The van der Waals surface area contributed by atoms with Crippen molar-refractivity contribution in [3.63, 3.8) is 0 Å². The van der Waals surface area contributed by atoms with E-state index < -0.39 is 5.91 Å². The fourth-order valence-electron chi connectivity index (χ4n) is 3.31. The van der Waals surface area contributed by atoms with Crippen molar-refractivity contribution in [2.75, 3.05) is 18.6 Å². The molecule has 9 nitrogen and oxygen atoms in total. The average Bonchev–Trinajstić information content (AvgIpc) is 3.26. The Morgan fingerprint density at radius 3 is 2.70 bits per heavy atom. The quantitative estimate of drug-likeness (QED) is 0.701. The molecule has 4 rings (SSSR count). The zero-order chi connectivity index (χ0) is 19.1. The van der Waals surface area contributed by atoms with E-state index in [2.05, 4.69) is 10.1 Å². The first-order valence-electron chi connectivity index (χ1n) is 8.33. The second-order valence-electron chi connectivity index (χ2n) is 6.33. The summed E-state index contributed by atoms with van der Waals surface area (Å²) in [6.45, 7) is 0.393. The van der Waals surface area contributed by atoms with E-state index in [1.54, 1.807) is 24.1 Å². The highest BCUT2D eigenvalue weighted by atomic mass is 16.5. The van der Waals surface area contributed by atoms with E-state index in [9.17, 15) is 14.4 Å². The SMILES string of the molecule is COc1ccc(N2CC(c3cc(=O)n4[nH]cc(C(N)=O)c4n3)CC2=O)cc1. The van der Waals surface area contributed by atoms with Gasteiger partial charge in [-0.25, -0.2) is 9.50 Å². The lowest BCUT2D eigenvalue weighted by Gasteiger charge is -2.17. The van der Waals surface area contributed by atoms with Crippen LogP contribution < -0.4 is 20.9 Å². The van der Waals surface area contributed by atoms with Gasteiger partial charge in [0.15, 0.2) is 5.65 Å². The van der Waals surface area contributed by atoms with Gasteiger partial charge in [0.05, 0.1) is 12.8 Å². The van der Waals surface area contributed by atoms with E-state index in [0.29, 0.717) is 18.0 Å². The van der Waals surface area contributed by atoms with Crippen molar-refractivity contribution in [2.24, 2.45) is 5.73 Å². The molecule has 27 heavy (non-hydrogen) atoms. The van der Waals surface area contributed by atoms with Crippen LogP contribution in [0.25, 0.3) is 5.65 Å². The zero-order valence-corrected chi connectivity index (χ0v) is 14.5. The summed E-state index contributed by atoms with van der Waals surface area (Å²) in [6, 6.07) is 8.56. The molecule has 1 aromatic carbocycles. The van der Waals surface area contributed by atoms with Gasteiger partial charge in [0.1, 0.15) is 11.3 Å². The van der Waals surface area contributed by atoms with Crippen LogP contribution in [0.2, 0.25) is 0 Å². The number of aromatic nitrogens is 3. The molecule has 3 aromatic rings. The summed E-state index contributed by atoms with van der Waals surface area (Å²) in [4.78, 5) is 42.4. The number of carbonyl (C=O) groups is 2. The molecule has 9 heteroatoms. The predicted molar refractivity (Wildman–Crippen MR) is 97.0 cm³/mol. The number of hydrogen-bond acceptors (Lipinski definition) is 5. The van der Waals surface area contributed by atoms with Crippen LogP contribution in [0, 0.1) is 0 Å². The van der Waals surface area contributed by atoms with Gasteiger partial charge in [-0.05, 0) is 24.3 Å². The van der Waals surface area contributed by atoms with E-state index in [1.165, 1.54) is 12.3 Å². The zero-order valence-electron chi connectivity index (χ0n) is 14.5. The molecule has 0 bridgehead atoms. The summed E-state index contributed by atoms with van der Waals surface area (Å²) in [5.74, 6) is -0.294. The van der Waals surface area contributed by atoms with Crippen molar-refractivity contribution in [3.05, 3.63) is 58.1 Å². The average molecular weight is 367 g/mol. The lowest BCUT2D eigenvalue weighted by atomic mass is 10.0. The molecule has 138 valence electrons. The summed E-state index contributed by atoms with van der Waals surface area (Å²) in [5, 5.41) is 2.66. The van der Waals surface area contributed by atoms with Gasteiger partial charge in [0.2, 0.25) is 5.91 Å². The first kappa shape index (κ1) is 16.8. The molecular formula is C18H17N5O4. The number of amides is 2. The van der Waals surface area contributed by atoms with Crippen LogP contribution >= 0.6 is 0 Å². The van der Waals surface area contributed by atoms with E-state index >= 15 is 0 Å². The van der Waals surface area contributed by atoms with Crippen molar-refractivity contribution in [2.45, 2.75) is 12.3 Å². The number of carbonyl (C=O) groups excluding carboxylic acids is 2. The maximum atomic E-state index is 12.5. The van der Waals surface area contributed by atoms with Crippen molar-refractivity contribution >= 4 is 23.1 Å². The monoisotopic (exact) mass is 367 g/mol. The standard InChI is InChI=1S/C18H17N5O4/c1-27-12-4-2-11(3-5-12)22-9-10(6-15(22)24)14-7-16(25)23-18(21-14)13(8-20-23)17(19)26/h2-5,7-8,10,20H,6,9H2,1H3,(H2,19,26).